The quantitative estimate of drug-likeness (QED) is 0.872. The molecule has 0 aliphatic heterocycles. The van der Waals surface area contributed by atoms with Crippen LogP contribution in [-0.2, 0) is 0 Å². The van der Waals surface area contributed by atoms with E-state index in [1.807, 2.05) is 36.6 Å². The van der Waals surface area contributed by atoms with Crippen molar-refractivity contribution in [2.45, 2.75) is 44.7 Å². The van der Waals surface area contributed by atoms with E-state index in [0.29, 0.717) is 12.3 Å². The zero-order valence-corrected chi connectivity index (χ0v) is 14.6. The lowest BCUT2D eigenvalue weighted by Crippen LogP contribution is -2.40. The van der Waals surface area contributed by atoms with E-state index in [1.54, 1.807) is 0 Å². The van der Waals surface area contributed by atoms with Crippen LogP contribution < -0.4 is 15.8 Å². The second-order valence-corrected chi connectivity index (χ2v) is 6.94. The van der Waals surface area contributed by atoms with Crippen molar-refractivity contribution in [1.82, 2.24) is 10.3 Å². The number of hydrogen-bond donors (Lipinski definition) is 2. The molecule has 3 N–H and O–H groups in total. The van der Waals surface area contributed by atoms with Crippen LogP contribution in [0.15, 0.2) is 29.6 Å². The highest BCUT2D eigenvalue weighted by Gasteiger charge is 2.21. The molecule has 0 bridgehead atoms. The van der Waals surface area contributed by atoms with E-state index in [4.69, 9.17) is 10.5 Å². The number of ether oxygens (including phenoxy) is 1. The van der Waals surface area contributed by atoms with Gasteiger partial charge in [-0.05, 0) is 56.9 Å². The number of thiazole rings is 1. The fourth-order valence-electron chi connectivity index (χ4n) is 2.89. The number of aromatic nitrogens is 1. The summed E-state index contributed by atoms with van der Waals surface area (Å²) in [5, 5.41) is 5.73. The molecule has 3 rings (SSSR count). The summed E-state index contributed by atoms with van der Waals surface area (Å²) in [6, 6.07) is 8.27. The molecule has 2 aromatic rings. The average Bonchev–Trinajstić information content (AvgIpc) is 3.08. The predicted molar refractivity (Wildman–Crippen MR) is 96.4 cm³/mol. The maximum absolute atomic E-state index is 12.4. The summed E-state index contributed by atoms with van der Waals surface area (Å²) in [5.41, 5.74) is 7.38. The van der Waals surface area contributed by atoms with Crippen molar-refractivity contribution >= 4 is 17.2 Å². The second-order valence-electron chi connectivity index (χ2n) is 6.08. The third-order valence-electron chi connectivity index (χ3n) is 4.26. The molecule has 24 heavy (non-hydrogen) atoms. The number of carbonyl (C=O) groups excluding carboxylic acids is 1. The number of carbonyl (C=O) groups is 1. The summed E-state index contributed by atoms with van der Waals surface area (Å²) in [5.74, 6) is 0.746. The van der Waals surface area contributed by atoms with Crippen molar-refractivity contribution < 1.29 is 9.53 Å². The van der Waals surface area contributed by atoms with E-state index in [1.165, 1.54) is 11.3 Å². The van der Waals surface area contributed by atoms with Gasteiger partial charge in [-0.3, -0.25) is 4.79 Å². The Balaban J connectivity index is 1.63. The van der Waals surface area contributed by atoms with E-state index < -0.39 is 0 Å². The van der Waals surface area contributed by atoms with Crippen LogP contribution in [0.4, 0.5) is 0 Å². The summed E-state index contributed by atoms with van der Waals surface area (Å²) in [4.78, 5) is 16.8. The second kappa shape index (κ2) is 7.77. The van der Waals surface area contributed by atoms with E-state index in [-0.39, 0.29) is 18.0 Å². The topological polar surface area (TPSA) is 77.2 Å². The van der Waals surface area contributed by atoms with Crippen molar-refractivity contribution in [3.05, 3.63) is 35.3 Å². The first-order valence-corrected chi connectivity index (χ1v) is 9.29. The summed E-state index contributed by atoms with van der Waals surface area (Å²) < 4.78 is 5.44. The standard InChI is InChI=1S/C18H23N3O2S/c1-2-23-15-9-3-12(4-10-15)18-21-16(11-24-18)17(22)20-14-7-5-13(19)6-8-14/h3-4,9-11,13-14H,2,5-8,19H2,1H3,(H,20,22). The average molecular weight is 345 g/mol. The molecule has 128 valence electrons. The summed E-state index contributed by atoms with van der Waals surface area (Å²) in [6.07, 6.45) is 3.84. The molecule has 0 saturated heterocycles. The molecule has 1 heterocycles. The highest BCUT2D eigenvalue weighted by molar-refractivity contribution is 7.13. The first-order valence-electron chi connectivity index (χ1n) is 8.41. The molecule has 1 aliphatic rings. The van der Waals surface area contributed by atoms with Crippen molar-refractivity contribution in [2.75, 3.05) is 6.61 Å². The van der Waals surface area contributed by atoms with Gasteiger partial charge in [0, 0.05) is 23.0 Å². The van der Waals surface area contributed by atoms with Crippen LogP contribution in [0, 0.1) is 0 Å². The van der Waals surface area contributed by atoms with Crippen molar-refractivity contribution in [3.63, 3.8) is 0 Å². The minimum Gasteiger partial charge on any atom is -0.494 e. The third kappa shape index (κ3) is 4.13. The molecule has 0 atom stereocenters. The molecular weight excluding hydrogens is 322 g/mol. The van der Waals surface area contributed by atoms with Crippen LogP contribution >= 0.6 is 11.3 Å². The molecular formula is C18H23N3O2S. The molecule has 0 radical (unpaired) electrons. The molecule has 1 saturated carbocycles. The van der Waals surface area contributed by atoms with Crippen LogP contribution in [-0.4, -0.2) is 29.6 Å². The zero-order chi connectivity index (χ0) is 16.9. The Morgan fingerprint density at radius 3 is 2.67 bits per heavy atom. The van der Waals surface area contributed by atoms with Crippen molar-refractivity contribution in [3.8, 4) is 16.3 Å². The summed E-state index contributed by atoms with van der Waals surface area (Å²) in [7, 11) is 0. The van der Waals surface area contributed by atoms with Crippen LogP contribution in [0.5, 0.6) is 5.75 Å². The van der Waals surface area contributed by atoms with E-state index in [0.717, 1.165) is 42.0 Å². The number of benzene rings is 1. The summed E-state index contributed by atoms with van der Waals surface area (Å²) >= 11 is 1.48. The number of nitrogens with zero attached hydrogens (tertiary/aromatic N) is 1. The number of nitrogens with two attached hydrogens (primary N) is 1. The van der Waals surface area contributed by atoms with Gasteiger partial charge in [0.15, 0.2) is 0 Å². The molecule has 0 spiro atoms. The minimum absolute atomic E-state index is 0.0936. The highest BCUT2D eigenvalue weighted by atomic mass is 32.1. The zero-order valence-electron chi connectivity index (χ0n) is 13.8. The Bertz CT molecular complexity index is 676. The van der Waals surface area contributed by atoms with Crippen LogP contribution in [0.3, 0.4) is 0 Å². The Morgan fingerprint density at radius 2 is 2.00 bits per heavy atom. The molecule has 0 unspecified atom stereocenters. The number of rotatable bonds is 5. The fraction of sp³-hybridized carbons (Fsp3) is 0.444. The van der Waals surface area contributed by atoms with Crippen molar-refractivity contribution in [2.24, 2.45) is 5.73 Å². The maximum atomic E-state index is 12.4. The molecule has 1 aliphatic carbocycles. The van der Waals surface area contributed by atoms with Gasteiger partial charge < -0.3 is 15.8 Å². The SMILES string of the molecule is CCOc1ccc(-c2nc(C(=O)NC3CCC(N)CC3)cs2)cc1. The third-order valence-corrected chi connectivity index (χ3v) is 5.15. The molecule has 6 heteroatoms. The van der Waals surface area contributed by atoms with Crippen LogP contribution in [0.2, 0.25) is 0 Å². The number of nitrogens with one attached hydrogen (secondary N) is 1. The Kier molecular flexibility index (Phi) is 5.48. The lowest BCUT2D eigenvalue weighted by molar-refractivity contribution is 0.0921. The van der Waals surface area contributed by atoms with Gasteiger partial charge in [-0.2, -0.15) is 0 Å². The molecule has 1 aromatic heterocycles. The molecule has 5 nitrogen and oxygen atoms in total. The van der Waals surface area contributed by atoms with Gasteiger partial charge in [-0.25, -0.2) is 4.98 Å². The summed E-state index contributed by atoms with van der Waals surface area (Å²) in [6.45, 7) is 2.60. The number of amides is 1. The van der Waals surface area contributed by atoms with E-state index in [2.05, 4.69) is 10.3 Å². The van der Waals surface area contributed by atoms with Crippen LogP contribution in [0.25, 0.3) is 10.6 Å². The molecule has 1 amide bonds. The van der Waals surface area contributed by atoms with Gasteiger partial charge in [-0.15, -0.1) is 11.3 Å². The van der Waals surface area contributed by atoms with Crippen molar-refractivity contribution in [1.29, 1.82) is 0 Å². The maximum Gasteiger partial charge on any atom is 0.270 e. The largest absolute Gasteiger partial charge is 0.494 e. The Morgan fingerprint density at radius 1 is 1.29 bits per heavy atom. The highest BCUT2D eigenvalue weighted by Crippen LogP contribution is 2.26. The first-order chi connectivity index (χ1) is 11.7. The van der Waals surface area contributed by atoms with Gasteiger partial charge in [0.05, 0.1) is 6.61 Å². The van der Waals surface area contributed by atoms with E-state index >= 15 is 0 Å². The van der Waals surface area contributed by atoms with Gasteiger partial charge in [0.2, 0.25) is 0 Å². The van der Waals surface area contributed by atoms with Gasteiger partial charge in [0.25, 0.3) is 5.91 Å². The molecule has 1 aromatic carbocycles. The minimum atomic E-state index is -0.0936. The molecule has 1 fully saturated rings. The van der Waals surface area contributed by atoms with Gasteiger partial charge >= 0.3 is 0 Å². The van der Waals surface area contributed by atoms with Crippen LogP contribution in [0.1, 0.15) is 43.1 Å². The number of hydrogen-bond acceptors (Lipinski definition) is 5. The smallest absolute Gasteiger partial charge is 0.270 e. The lowest BCUT2D eigenvalue weighted by atomic mass is 9.92. The normalized spacial score (nSPS) is 20.6. The Labute approximate surface area is 146 Å². The fourth-order valence-corrected chi connectivity index (χ4v) is 3.70. The van der Waals surface area contributed by atoms with Gasteiger partial charge in [0.1, 0.15) is 16.5 Å². The monoisotopic (exact) mass is 345 g/mol. The Hall–Kier alpha value is -1.92. The lowest BCUT2D eigenvalue weighted by Gasteiger charge is -2.26. The van der Waals surface area contributed by atoms with E-state index in [9.17, 15) is 4.79 Å². The van der Waals surface area contributed by atoms with Gasteiger partial charge in [-0.1, -0.05) is 0 Å². The first kappa shape index (κ1) is 16.9. The predicted octanol–water partition coefficient (Wildman–Crippen LogP) is 3.21.